The number of rotatable bonds is 5. The van der Waals surface area contributed by atoms with Gasteiger partial charge >= 0.3 is 12.1 Å². The van der Waals surface area contributed by atoms with E-state index in [2.05, 4.69) is 4.42 Å². The number of halogens is 3. The quantitative estimate of drug-likeness (QED) is 0.859. The summed E-state index contributed by atoms with van der Waals surface area (Å²) < 4.78 is 65.4. The molecule has 0 bridgehead atoms. The van der Waals surface area contributed by atoms with Crippen LogP contribution in [0.15, 0.2) is 15.4 Å². The van der Waals surface area contributed by atoms with Crippen molar-refractivity contribution in [2.24, 2.45) is 0 Å². The van der Waals surface area contributed by atoms with E-state index in [-0.39, 0.29) is 5.76 Å². The van der Waals surface area contributed by atoms with Crippen molar-refractivity contribution in [3.05, 3.63) is 17.6 Å². The number of aryl methyl sites for hydroxylation is 1. The maximum absolute atomic E-state index is 11.9. The zero-order valence-corrected chi connectivity index (χ0v) is 10.4. The van der Waals surface area contributed by atoms with Gasteiger partial charge in [0.25, 0.3) is 0 Å². The van der Waals surface area contributed by atoms with E-state index in [9.17, 15) is 26.4 Å². The second-order valence-electron chi connectivity index (χ2n) is 3.60. The Bertz CT molecular complexity index is 575. The summed E-state index contributed by atoms with van der Waals surface area (Å²) in [6.45, 7) is 0.365. The van der Waals surface area contributed by atoms with Crippen LogP contribution >= 0.6 is 0 Å². The predicted octanol–water partition coefficient (Wildman–Crippen LogP) is 1.52. The smallest absolute Gasteiger partial charge is 0.390 e. The number of hydrogen-bond acceptors (Lipinski definition) is 4. The standard InChI is InChI=1S/C9H10F3NO5S/c1-5-7(4-6(18-5)8(14)15)19(16,17)13-3-2-9(10,11)12/h4,13H,2-3H2,1H3,(H,14,15). The van der Waals surface area contributed by atoms with E-state index in [0.717, 1.165) is 6.07 Å². The molecule has 0 radical (unpaired) electrons. The molecular formula is C9H10F3NO5S. The molecule has 19 heavy (non-hydrogen) atoms. The third-order valence-corrected chi connectivity index (χ3v) is 3.64. The Balaban J connectivity index is 2.86. The van der Waals surface area contributed by atoms with Crippen molar-refractivity contribution in [1.82, 2.24) is 4.72 Å². The number of hydrogen-bond donors (Lipinski definition) is 2. The minimum atomic E-state index is -4.49. The maximum Gasteiger partial charge on any atom is 0.390 e. The third-order valence-electron chi connectivity index (χ3n) is 2.07. The highest BCUT2D eigenvalue weighted by atomic mass is 32.2. The second kappa shape index (κ2) is 5.21. The molecular weight excluding hydrogens is 291 g/mol. The van der Waals surface area contributed by atoms with E-state index >= 15 is 0 Å². The Labute approximate surface area is 106 Å². The molecule has 108 valence electrons. The van der Waals surface area contributed by atoms with Gasteiger partial charge < -0.3 is 9.52 Å². The monoisotopic (exact) mass is 301 g/mol. The van der Waals surface area contributed by atoms with Crippen LogP contribution in [0.1, 0.15) is 22.7 Å². The van der Waals surface area contributed by atoms with Crippen molar-refractivity contribution < 1.29 is 35.9 Å². The Morgan fingerprint density at radius 2 is 2.05 bits per heavy atom. The summed E-state index contributed by atoms with van der Waals surface area (Å²) in [6, 6.07) is 0.744. The number of carbonyl (C=O) groups is 1. The zero-order chi connectivity index (χ0) is 14.8. The fraction of sp³-hybridized carbons (Fsp3) is 0.444. The van der Waals surface area contributed by atoms with Gasteiger partial charge in [-0.25, -0.2) is 17.9 Å². The Morgan fingerprint density at radius 1 is 1.47 bits per heavy atom. The van der Waals surface area contributed by atoms with Gasteiger partial charge in [0.15, 0.2) is 0 Å². The normalized spacial score (nSPS) is 12.6. The molecule has 0 amide bonds. The summed E-state index contributed by atoms with van der Waals surface area (Å²) in [4.78, 5) is 10.1. The van der Waals surface area contributed by atoms with Gasteiger partial charge in [0.05, 0.1) is 6.42 Å². The van der Waals surface area contributed by atoms with Gasteiger partial charge in [-0.3, -0.25) is 0 Å². The summed E-state index contributed by atoms with van der Waals surface area (Å²) in [6.07, 6.45) is -5.81. The molecule has 0 fully saturated rings. The molecule has 0 aliphatic rings. The first kappa shape index (κ1) is 15.5. The van der Waals surface area contributed by atoms with Gasteiger partial charge in [-0.1, -0.05) is 0 Å². The lowest BCUT2D eigenvalue weighted by Crippen LogP contribution is -2.28. The number of furan rings is 1. The number of alkyl halides is 3. The van der Waals surface area contributed by atoms with Crippen LogP contribution in [0.4, 0.5) is 13.2 Å². The molecule has 1 heterocycles. The molecule has 0 aliphatic carbocycles. The van der Waals surface area contributed by atoms with Crippen LogP contribution < -0.4 is 4.72 Å². The Hall–Kier alpha value is -1.55. The van der Waals surface area contributed by atoms with Gasteiger partial charge in [-0.2, -0.15) is 13.2 Å². The van der Waals surface area contributed by atoms with E-state index in [1.54, 1.807) is 4.72 Å². The van der Waals surface area contributed by atoms with Crippen molar-refractivity contribution in [2.45, 2.75) is 24.4 Å². The van der Waals surface area contributed by atoms with Crippen LogP contribution in [-0.2, 0) is 10.0 Å². The van der Waals surface area contributed by atoms with Crippen LogP contribution in [0.2, 0.25) is 0 Å². The minimum absolute atomic E-state index is 0.211. The first-order chi connectivity index (χ1) is 8.53. The molecule has 2 N–H and O–H groups in total. The lowest BCUT2D eigenvalue weighted by Gasteiger charge is -2.07. The Kier molecular flexibility index (Phi) is 4.25. The molecule has 1 aromatic heterocycles. The van der Waals surface area contributed by atoms with Gasteiger partial charge in [-0.05, 0) is 6.92 Å². The molecule has 6 nitrogen and oxygen atoms in total. The van der Waals surface area contributed by atoms with Crippen LogP contribution in [-0.4, -0.2) is 32.2 Å². The van der Waals surface area contributed by atoms with Crippen molar-refractivity contribution >= 4 is 16.0 Å². The van der Waals surface area contributed by atoms with E-state index in [1.807, 2.05) is 0 Å². The maximum atomic E-state index is 11.9. The molecule has 0 atom stereocenters. The average molecular weight is 301 g/mol. The number of nitrogens with one attached hydrogen (secondary N) is 1. The lowest BCUT2D eigenvalue weighted by atomic mass is 10.4. The summed E-state index contributed by atoms with van der Waals surface area (Å²) >= 11 is 0. The first-order valence-corrected chi connectivity index (χ1v) is 6.41. The molecule has 1 rings (SSSR count). The van der Waals surface area contributed by atoms with Gasteiger partial charge in [0, 0.05) is 12.6 Å². The second-order valence-corrected chi connectivity index (χ2v) is 5.33. The van der Waals surface area contributed by atoms with E-state index in [1.165, 1.54) is 6.92 Å². The summed E-state index contributed by atoms with van der Waals surface area (Å²) in [5.41, 5.74) is 0. The van der Waals surface area contributed by atoms with Crippen molar-refractivity contribution in [2.75, 3.05) is 6.54 Å². The highest BCUT2D eigenvalue weighted by Gasteiger charge is 2.29. The highest BCUT2D eigenvalue weighted by molar-refractivity contribution is 7.89. The Morgan fingerprint density at radius 3 is 2.47 bits per heavy atom. The topological polar surface area (TPSA) is 96.6 Å². The minimum Gasteiger partial charge on any atom is -0.475 e. The fourth-order valence-electron chi connectivity index (χ4n) is 1.24. The highest BCUT2D eigenvalue weighted by Crippen LogP contribution is 2.21. The van der Waals surface area contributed by atoms with Crippen LogP contribution in [0.5, 0.6) is 0 Å². The van der Waals surface area contributed by atoms with Crippen molar-refractivity contribution in [1.29, 1.82) is 0 Å². The van der Waals surface area contributed by atoms with Crippen molar-refractivity contribution in [3.8, 4) is 0 Å². The van der Waals surface area contributed by atoms with E-state index in [4.69, 9.17) is 5.11 Å². The SMILES string of the molecule is Cc1oc(C(=O)O)cc1S(=O)(=O)NCCC(F)(F)F. The van der Waals surface area contributed by atoms with Crippen LogP contribution in [0, 0.1) is 6.92 Å². The number of carboxylic acids is 1. The number of aromatic carboxylic acids is 1. The first-order valence-electron chi connectivity index (χ1n) is 4.93. The van der Waals surface area contributed by atoms with Crippen molar-refractivity contribution in [3.63, 3.8) is 0 Å². The summed E-state index contributed by atoms with van der Waals surface area (Å²) in [5.74, 6) is -2.29. The molecule has 10 heteroatoms. The fourth-order valence-corrected chi connectivity index (χ4v) is 2.45. The molecule has 0 spiro atoms. The van der Waals surface area contributed by atoms with Gasteiger partial charge in [0.2, 0.25) is 15.8 Å². The molecule has 0 aliphatic heterocycles. The summed E-state index contributed by atoms with van der Waals surface area (Å²) in [7, 11) is -4.23. The predicted molar refractivity (Wildman–Crippen MR) is 56.3 cm³/mol. The van der Waals surface area contributed by atoms with E-state index in [0.29, 0.717) is 0 Å². The van der Waals surface area contributed by atoms with Gasteiger partial charge in [0.1, 0.15) is 10.7 Å². The zero-order valence-electron chi connectivity index (χ0n) is 9.61. The molecule has 1 aromatic rings. The largest absolute Gasteiger partial charge is 0.475 e. The third kappa shape index (κ3) is 4.24. The molecule has 0 saturated carbocycles. The molecule has 0 aromatic carbocycles. The average Bonchev–Trinajstić information content (AvgIpc) is 2.58. The van der Waals surface area contributed by atoms with Crippen LogP contribution in [0.3, 0.4) is 0 Å². The van der Waals surface area contributed by atoms with E-state index < -0.39 is 45.8 Å². The molecule has 0 saturated heterocycles. The molecule has 0 unspecified atom stereocenters. The summed E-state index contributed by atoms with van der Waals surface area (Å²) in [5, 5.41) is 8.61. The number of carboxylic acid groups (broad SMARTS) is 1. The van der Waals surface area contributed by atoms with Gasteiger partial charge in [-0.15, -0.1) is 0 Å². The van der Waals surface area contributed by atoms with Crippen LogP contribution in [0.25, 0.3) is 0 Å². The number of sulfonamides is 1. The lowest BCUT2D eigenvalue weighted by molar-refractivity contribution is -0.132.